The molecule has 0 heterocycles. The Balaban J connectivity index is 2.24. The van der Waals surface area contributed by atoms with Gasteiger partial charge in [0.05, 0.1) is 6.21 Å². The molecular formula is C14H12ClN3O. The van der Waals surface area contributed by atoms with E-state index in [0.29, 0.717) is 5.02 Å². The maximum Gasteiger partial charge on any atom is 0.332 e. The van der Waals surface area contributed by atoms with Crippen LogP contribution >= 0.6 is 11.6 Å². The van der Waals surface area contributed by atoms with Crippen molar-refractivity contribution < 1.29 is 4.79 Å². The van der Waals surface area contributed by atoms with Crippen LogP contribution in [0.1, 0.15) is 5.56 Å². The Morgan fingerprint density at radius 1 is 1.16 bits per heavy atom. The number of nitrogens with one attached hydrogen (secondary N) is 1. The number of halogens is 1. The van der Waals surface area contributed by atoms with Gasteiger partial charge >= 0.3 is 6.03 Å². The molecule has 0 unspecified atom stereocenters. The first-order valence-corrected chi connectivity index (χ1v) is 5.97. The fourth-order valence-electron chi connectivity index (χ4n) is 1.64. The van der Waals surface area contributed by atoms with E-state index >= 15 is 0 Å². The third-order valence-corrected chi connectivity index (χ3v) is 2.67. The van der Waals surface area contributed by atoms with E-state index in [1.165, 1.54) is 6.21 Å². The average molecular weight is 274 g/mol. The molecule has 0 saturated carbocycles. The quantitative estimate of drug-likeness (QED) is 0.655. The Morgan fingerprint density at radius 3 is 2.53 bits per heavy atom. The van der Waals surface area contributed by atoms with E-state index < -0.39 is 6.03 Å². The number of hydrazone groups is 1. The number of hydrogen-bond acceptors (Lipinski definition) is 2. The Labute approximate surface area is 115 Å². The van der Waals surface area contributed by atoms with Crippen molar-refractivity contribution in [1.29, 1.82) is 0 Å². The van der Waals surface area contributed by atoms with Crippen molar-refractivity contribution in [2.75, 3.05) is 0 Å². The normalized spacial score (nSPS) is 10.6. The van der Waals surface area contributed by atoms with Gasteiger partial charge in [-0.1, -0.05) is 41.9 Å². The van der Waals surface area contributed by atoms with Crippen molar-refractivity contribution in [3.63, 3.8) is 0 Å². The van der Waals surface area contributed by atoms with Crippen LogP contribution < -0.4 is 11.2 Å². The summed E-state index contributed by atoms with van der Waals surface area (Å²) in [5, 5.41) is 4.40. The summed E-state index contributed by atoms with van der Waals surface area (Å²) in [7, 11) is 0. The molecule has 96 valence electrons. The zero-order valence-electron chi connectivity index (χ0n) is 10.0. The van der Waals surface area contributed by atoms with Crippen LogP contribution in [0.15, 0.2) is 53.6 Å². The molecule has 5 heteroatoms. The van der Waals surface area contributed by atoms with Gasteiger partial charge in [0.1, 0.15) is 0 Å². The van der Waals surface area contributed by atoms with Crippen LogP contribution in [-0.4, -0.2) is 12.2 Å². The lowest BCUT2D eigenvalue weighted by molar-refractivity contribution is 0.249. The van der Waals surface area contributed by atoms with Gasteiger partial charge in [0, 0.05) is 5.02 Å². The average Bonchev–Trinajstić information content (AvgIpc) is 2.39. The lowest BCUT2D eigenvalue weighted by atomic mass is 10.0. The first kappa shape index (κ1) is 13.1. The summed E-state index contributed by atoms with van der Waals surface area (Å²) < 4.78 is 0. The van der Waals surface area contributed by atoms with Crippen molar-refractivity contribution in [2.24, 2.45) is 10.8 Å². The summed E-state index contributed by atoms with van der Waals surface area (Å²) in [6.07, 6.45) is 1.53. The predicted octanol–water partition coefficient (Wildman–Crippen LogP) is 3.01. The van der Waals surface area contributed by atoms with Gasteiger partial charge in [-0.05, 0) is 34.9 Å². The highest BCUT2D eigenvalue weighted by molar-refractivity contribution is 6.30. The number of primary amides is 1. The summed E-state index contributed by atoms with van der Waals surface area (Å²) in [5.41, 5.74) is 9.96. The van der Waals surface area contributed by atoms with Crippen LogP contribution in [0, 0.1) is 0 Å². The molecule has 0 spiro atoms. The molecule has 2 aromatic rings. The van der Waals surface area contributed by atoms with Gasteiger partial charge in [-0.2, -0.15) is 5.10 Å². The highest BCUT2D eigenvalue weighted by atomic mass is 35.5. The number of hydrogen-bond donors (Lipinski definition) is 2. The lowest BCUT2D eigenvalue weighted by Gasteiger charge is -2.03. The molecule has 0 aromatic heterocycles. The van der Waals surface area contributed by atoms with Crippen LogP contribution in [0.5, 0.6) is 0 Å². The van der Waals surface area contributed by atoms with E-state index in [2.05, 4.69) is 10.5 Å². The molecule has 0 atom stereocenters. The standard InChI is InChI=1S/C14H12ClN3O/c15-13-6-2-5-12(8-13)11-4-1-3-10(7-11)9-17-18-14(16)19/h1-9H,(H3,16,18,19). The highest BCUT2D eigenvalue weighted by Gasteiger charge is 1.99. The number of benzene rings is 2. The molecular weight excluding hydrogens is 262 g/mol. The van der Waals surface area contributed by atoms with Gasteiger partial charge in [-0.3, -0.25) is 0 Å². The summed E-state index contributed by atoms with van der Waals surface area (Å²) in [6, 6.07) is 14.6. The van der Waals surface area contributed by atoms with E-state index in [4.69, 9.17) is 17.3 Å². The Morgan fingerprint density at radius 2 is 1.84 bits per heavy atom. The van der Waals surface area contributed by atoms with E-state index in [-0.39, 0.29) is 0 Å². The molecule has 0 saturated heterocycles. The number of urea groups is 1. The number of nitrogens with zero attached hydrogens (tertiary/aromatic N) is 1. The van der Waals surface area contributed by atoms with Crippen LogP contribution in [0.3, 0.4) is 0 Å². The van der Waals surface area contributed by atoms with E-state index in [9.17, 15) is 4.79 Å². The van der Waals surface area contributed by atoms with E-state index in [0.717, 1.165) is 16.7 Å². The smallest absolute Gasteiger partial charge is 0.332 e. The second kappa shape index (κ2) is 6.02. The van der Waals surface area contributed by atoms with Crippen molar-refractivity contribution in [3.8, 4) is 11.1 Å². The Bertz CT molecular complexity index is 626. The minimum Gasteiger partial charge on any atom is -0.350 e. The fourth-order valence-corrected chi connectivity index (χ4v) is 1.83. The molecule has 0 aliphatic heterocycles. The second-order valence-corrected chi connectivity index (χ2v) is 4.31. The zero-order chi connectivity index (χ0) is 13.7. The molecule has 4 nitrogen and oxygen atoms in total. The largest absolute Gasteiger partial charge is 0.350 e. The van der Waals surface area contributed by atoms with Gasteiger partial charge in [-0.15, -0.1) is 0 Å². The third kappa shape index (κ3) is 3.82. The Kier molecular flexibility index (Phi) is 4.15. The zero-order valence-corrected chi connectivity index (χ0v) is 10.8. The minimum atomic E-state index is -0.692. The van der Waals surface area contributed by atoms with Gasteiger partial charge < -0.3 is 5.73 Å². The van der Waals surface area contributed by atoms with Crippen molar-refractivity contribution in [3.05, 3.63) is 59.1 Å². The van der Waals surface area contributed by atoms with Crippen LogP contribution in [0.2, 0.25) is 5.02 Å². The number of rotatable bonds is 3. The molecule has 19 heavy (non-hydrogen) atoms. The first-order valence-electron chi connectivity index (χ1n) is 5.59. The topological polar surface area (TPSA) is 67.5 Å². The molecule has 0 aliphatic carbocycles. The predicted molar refractivity (Wildman–Crippen MR) is 77.2 cm³/mol. The molecule has 0 fully saturated rings. The number of carbonyl (C=O) groups is 1. The fraction of sp³-hybridized carbons (Fsp3) is 0. The van der Waals surface area contributed by atoms with Gasteiger partial charge in [0.25, 0.3) is 0 Å². The maximum atomic E-state index is 10.5. The van der Waals surface area contributed by atoms with Crippen LogP contribution in [0.4, 0.5) is 4.79 Å². The van der Waals surface area contributed by atoms with Gasteiger partial charge in [0.2, 0.25) is 0 Å². The van der Waals surface area contributed by atoms with Gasteiger partial charge in [0.15, 0.2) is 0 Å². The number of amides is 2. The monoisotopic (exact) mass is 273 g/mol. The minimum absolute atomic E-state index is 0.687. The molecule has 2 rings (SSSR count). The Hall–Kier alpha value is -2.33. The summed E-state index contributed by atoms with van der Waals surface area (Å²) in [6.45, 7) is 0. The molecule has 2 aromatic carbocycles. The lowest BCUT2D eigenvalue weighted by Crippen LogP contribution is -2.24. The number of nitrogens with two attached hydrogens (primary N) is 1. The summed E-state index contributed by atoms with van der Waals surface area (Å²) in [5.74, 6) is 0. The SMILES string of the molecule is NC(=O)NN=Cc1cccc(-c2cccc(Cl)c2)c1. The van der Waals surface area contributed by atoms with Gasteiger partial charge in [-0.25, -0.2) is 10.2 Å². The van der Waals surface area contributed by atoms with Crippen molar-refractivity contribution in [1.82, 2.24) is 5.43 Å². The molecule has 0 aliphatic rings. The molecule has 3 N–H and O–H groups in total. The molecule has 2 amide bonds. The van der Waals surface area contributed by atoms with Crippen molar-refractivity contribution >= 4 is 23.8 Å². The second-order valence-electron chi connectivity index (χ2n) is 3.87. The van der Waals surface area contributed by atoms with Crippen LogP contribution in [-0.2, 0) is 0 Å². The highest BCUT2D eigenvalue weighted by Crippen LogP contribution is 2.23. The van der Waals surface area contributed by atoms with Crippen LogP contribution in [0.25, 0.3) is 11.1 Å². The first-order chi connectivity index (χ1) is 9.15. The maximum absolute atomic E-state index is 10.5. The van der Waals surface area contributed by atoms with E-state index in [1.807, 2.05) is 48.5 Å². The molecule has 0 radical (unpaired) electrons. The molecule has 0 bridgehead atoms. The van der Waals surface area contributed by atoms with Crippen molar-refractivity contribution in [2.45, 2.75) is 0 Å². The van der Waals surface area contributed by atoms with E-state index in [1.54, 1.807) is 0 Å². The summed E-state index contributed by atoms with van der Waals surface area (Å²) in [4.78, 5) is 10.5. The summed E-state index contributed by atoms with van der Waals surface area (Å²) >= 11 is 5.97. The number of carbonyl (C=O) groups excluding carboxylic acids is 1. The third-order valence-electron chi connectivity index (χ3n) is 2.43.